The van der Waals surface area contributed by atoms with Crippen LogP contribution < -0.4 is 19.7 Å². The first-order valence-electron chi connectivity index (χ1n) is 19.2. The largest absolute Gasteiger partial charge is 0.612 e. The Labute approximate surface area is 334 Å². The molecule has 12 heteroatoms. The van der Waals surface area contributed by atoms with Crippen LogP contribution in [0.25, 0.3) is 37.8 Å². The lowest BCUT2D eigenvalue weighted by Crippen LogP contribution is -2.38. The van der Waals surface area contributed by atoms with Crippen molar-refractivity contribution in [1.82, 2.24) is 10.2 Å². The number of thioether (sulfide) groups is 1. The van der Waals surface area contributed by atoms with Gasteiger partial charge >= 0.3 is 10.3 Å². The maximum absolute atomic E-state index is 12.3. The summed E-state index contributed by atoms with van der Waals surface area (Å²) in [4.78, 5) is 4.27. The zero-order chi connectivity index (χ0) is 37.7. The Morgan fingerprint density at radius 3 is 2.76 bits per heavy atom. The van der Waals surface area contributed by atoms with Crippen molar-refractivity contribution in [3.8, 4) is 0 Å². The molecule has 284 valence electrons. The van der Waals surface area contributed by atoms with Crippen LogP contribution in [0.5, 0.6) is 0 Å². The van der Waals surface area contributed by atoms with Crippen LogP contribution in [0.1, 0.15) is 56.0 Å². The number of rotatable bonds is 11. The van der Waals surface area contributed by atoms with Gasteiger partial charge in [-0.3, -0.25) is 0 Å². The fourth-order valence-electron chi connectivity index (χ4n) is 8.52. The summed E-state index contributed by atoms with van der Waals surface area (Å²) in [5.74, 6) is 0.579. The quantitative estimate of drug-likeness (QED) is 0.0596. The molecule has 0 amide bonds. The summed E-state index contributed by atoms with van der Waals surface area (Å²) in [7, 11) is -3.88. The topological polar surface area (TPSA) is 97.6 Å². The number of aryl methyl sites for hydroxylation is 2. The van der Waals surface area contributed by atoms with Gasteiger partial charge in [0.2, 0.25) is 5.52 Å². The van der Waals surface area contributed by atoms with Crippen LogP contribution in [0.2, 0.25) is 0 Å². The molecule has 0 bridgehead atoms. The Morgan fingerprint density at radius 1 is 1.02 bits per heavy atom. The molecule has 55 heavy (non-hydrogen) atoms. The molecule has 3 heterocycles. The van der Waals surface area contributed by atoms with E-state index in [-0.39, 0.29) is 6.54 Å². The minimum Gasteiger partial charge on any atom is -0.612 e. The number of thiazole rings is 1. The van der Waals surface area contributed by atoms with Gasteiger partial charge in [0.15, 0.2) is 11.4 Å². The predicted molar refractivity (Wildman–Crippen MR) is 228 cm³/mol. The first-order chi connectivity index (χ1) is 26.7. The Hall–Kier alpha value is -3.46. The molecule has 0 spiro atoms. The zero-order valence-electron chi connectivity index (χ0n) is 31.1. The average Bonchev–Trinajstić information content (AvgIpc) is 3.70. The summed E-state index contributed by atoms with van der Waals surface area (Å²) in [5.41, 5.74) is 10.6. The average molecular weight is 810 g/mol. The zero-order valence-corrected chi connectivity index (χ0v) is 34.4. The van der Waals surface area contributed by atoms with E-state index in [0.717, 1.165) is 63.5 Å². The molecule has 2 atom stereocenters. The van der Waals surface area contributed by atoms with Crippen molar-refractivity contribution < 1.29 is 21.8 Å². The number of aromatic nitrogens is 1. The normalized spacial score (nSPS) is 20.3. The second-order valence-corrected chi connectivity index (χ2v) is 19.6. The highest BCUT2D eigenvalue weighted by Gasteiger charge is 2.30. The molecule has 2 aliphatic carbocycles. The third-order valence-corrected chi connectivity index (χ3v) is 15.1. The molecule has 0 saturated carbocycles. The molecule has 4 aromatic carbocycles. The summed E-state index contributed by atoms with van der Waals surface area (Å²) < 4.78 is 48.1. The van der Waals surface area contributed by atoms with E-state index in [1.165, 1.54) is 61.1 Å². The summed E-state index contributed by atoms with van der Waals surface area (Å²) in [6, 6.07) is 21.6. The monoisotopic (exact) mass is 809 g/mol. The van der Waals surface area contributed by atoms with Crippen molar-refractivity contribution >= 4 is 88.1 Å². The van der Waals surface area contributed by atoms with Crippen LogP contribution in [-0.2, 0) is 38.7 Å². The molecule has 0 saturated heterocycles. The van der Waals surface area contributed by atoms with E-state index < -0.39 is 21.5 Å². The van der Waals surface area contributed by atoms with Gasteiger partial charge in [-0.15, -0.1) is 0 Å². The Morgan fingerprint density at radius 2 is 1.89 bits per heavy atom. The molecule has 4 aliphatic rings. The number of allylic oxidation sites excluding steroid dienone is 6. The van der Waals surface area contributed by atoms with Crippen molar-refractivity contribution in [1.29, 1.82) is 0 Å². The highest BCUT2D eigenvalue weighted by atomic mass is 32.2. The van der Waals surface area contributed by atoms with E-state index in [4.69, 9.17) is 4.28 Å². The molecule has 1 aromatic heterocycles. The van der Waals surface area contributed by atoms with E-state index >= 15 is 0 Å². The second-order valence-electron chi connectivity index (χ2n) is 14.8. The first-order valence-corrected chi connectivity index (χ1v) is 23.8. The van der Waals surface area contributed by atoms with E-state index in [0.29, 0.717) is 25.4 Å². The number of hydrogen-bond acceptors (Lipinski definition) is 8. The smallest absolute Gasteiger partial charge is 0.351 e. The highest BCUT2D eigenvalue weighted by Crippen LogP contribution is 2.49. The van der Waals surface area contributed by atoms with Crippen LogP contribution >= 0.6 is 23.1 Å². The van der Waals surface area contributed by atoms with Crippen molar-refractivity contribution in [2.75, 3.05) is 30.8 Å². The summed E-state index contributed by atoms with van der Waals surface area (Å²) in [6.45, 7) is 4.10. The first kappa shape index (κ1) is 37.1. The molecule has 9 rings (SSSR count). The van der Waals surface area contributed by atoms with Crippen LogP contribution in [-0.4, -0.2) is 38.9 Å². The van der Waals surface area contributed by atoms with Crippen LogP contribution in [0, 0.1) is 5.92 Å². The van der Waals surface area contributed by atoms with Crippen LogP contribution in [0.15, 0.2) is 110 Å². The van der Waals surface area contributed by atoms with Gasteiger partial charge in [-0.2, -0.15) is 27.5 Å². The van der Waals surface area contributed by atoms with Gasteiger partial charge in [0.1, 0.15) is 11.0 Å². The maximum atomic E-state index is 12.3. The molecule has 2 aliphatic heterocycles. The summed E-state index contributed by atoms with van der Waals surface area (Å²) in [5, 5.41) is 7.38. The summed E-state index contributed by atoms with van der Waals surface area (Å²) >= 11 is 2.62. The summed E-state index contributed by atoms with van der Waals surface area (Å²) in [6.07, 6.45) is 18.7. The predicted octanol–water partition coefficient (Wildman–Crippen LogP) is 8.84. The molecule has 2 N–H and O–H groups in total. The SMILES string of the molecule is CCNOS(=O)(=O)NCCCN1/C(=C/C2=CC3=C/C(=C/c4sc5cc6ccccc6c6c5[n+]4CCC6)CCC3CC2)Sc2cc3ccc([S+](C)[O-])cc3cc21. The van der Waals surface area contributed by atoms with Gasteiger partial charge < -0.3 is 9.45 Å². The van der Waals surface area contributed by atoms with Gasteiger partial charge in [-0.05, 0) is 130 Å². The number of nitrogens with zero attached hydrogens (tertiary/aromatic N) is 2. The van der Waals surface area contributed by atoms with E-state index in [9.17, 15) is 13.0 Å². The second kappa shape index (κ2) is 15.5. The molecular formula is C43H45N4O4S4+. The number of hydrogen-bond donors (Lipinski definition) is 2. The van der Waals surface area contributed by atoms with Gasteiger partial charge in [0, 0.05) is 48.7 Å². The van der Waals surface area contributed by atoms with Gasteiger partial charge in [-0.25, -0.2) is 0 Å². The lowest BCUT2D eigenvalue weighted by Gasteiger charge is -2.29. The van der Waals surface area contributed by atoms with Crippen LogP contribution in [0.3, 0.4) is 0 Å². The standard InChI is InChI=1S/C43H45N4O4S4/c1-3-44-51-55(49,50)45-17-7-19-46-38-25-34-24-35(54(2)48)16-15-31(34)26-39(38)52-41(46)22-28-11-13-30-14-12-29(21-33(30)20-28)23-42-47-18-6-10-37-36-9-5-4-8-32(36)27-40(53-42)43(37)47/h4-5,8-9,15-16,20-27,30,44-45H,3,6-7,10-14,17-19H2,1-2H3/q+1. The highest BCUT2D eigenvalue weighted by molar-refractivity contribution is 8.03. The third-order valence-electron chi connectivity index (χ3n) is 11.2. The molecule has 0 radical (unpaired) electrons. The van der Waals surface area contributed by atoms with Crippen LogP contribution in [0.4, 0.5) is 5.69 Å². The molecule has 8 nitrogen and oxygen atoms in total. The Bertz CT molecular complexity index is 2570. The molecule has 0 fully saturated rings. The van der Waals surface area contributed by atoms with Gasteiger partial charge in [0.05, 0.1) is 10.7 Å². The number of benzene rings is 4. The molecule has 2 unspecified atom stereocenters. The Balaban J connectivity index is 1.02. The molecular weight excluding hydrogens is 765 g/mol. The Kier molecular flexibility index (Phi) is 10.4. The third kappa shape index (κ3) is 7.56. The van der Waals surface area contributed by atoms with E-state index in [1.54, 1.807) is 24.9 Å². The van der Waals surface area contributed by atoms with E-state index in [2.05, 4.69) is 92.5 Å². The van der Waals surface area contributed by atoms with Gasteiger partial charge in [-0.1, -0.05) is 66.4 Å². The fraction of sp³-hybridized carbons (Fsp3) is 0.326. The van der Waals surface area contributed by atoms with Gasteiger partial charge in [0.25, 0.3) is 5.01 Å². The number of anilines is 1. The number of hydroxylamine groups is 1. The minimum absolute atomic E-state index is 0.244. The van der Waals surface area contributed by atoms with Crippen molar-refractivity contribution in [3.63, 3.8) is 0 Å². The minimum atomic E-state index is -3.88. The van der Waals surface area contributed by atoms with Crippen molar-refractivity contribution in [3.05, 3.63) is 111 Å². The van der Waals surface area contributed by atoms with Crippen molar-refractivity contribution in [2.45, 2.75) is 68.2 Å². The molecule has 5 aromatic rings. The number of fused-ring (bicyclic) bond motifs is 5. The van der Waals surface area contributed by atoms with Crippen molar-refractivity contribution in [2.24, 2.45) is 5.92 Å². The fourth-order valence-corrected chi connectivity index (χ4v) is 12.2. The lowest BCUT2D eigenvalue weighted by atomic mass is 9.77. The number of nitrogens with one attached hydrogen (secondary N) is 2. The lowest BCUT2D eigenvalue weighted by molar-refractivity contribution is -0.671. The van der Waals surface area contributed by atoms with E-state index in [1.807, 2.05) is 23.5 Å². The maximum Gasteiger partial charge on any atom is 0.351 e.